The summed E-state index contributed by atoms with van der Waals surface area (Å²) in [5, 5.41) is 3.50. The largest absolute Gasteiger partial charge is 0.497 e. The fraction of sp³-hybridized carbons (Fsp3) is 0.333. The average Bonchev–Trinajstić information content (AvgIpc) is 2.93. The monoisotopic (exact) mass is 267 g/mol. The zero-order valence-corrected chi connectivity index (χ0v) is 12.1. The predicted octanol–water partition coefficient (Wildman–Crippen LogP) is 3.69. The predicted molar refractivity (Wildman–Crippen MR) is 82.3 cm³/mol. The highest BCUT2D eigenvalue weighted by atomic mass is 16.5. The maximum absolute atomic E-state index is 5.24. The van der Waals surface area contributed by atoms with E-state index in [1.54, 1.807) is 7.11 Å². The number of aryl methyl sites for hydroxylation is 1. The van der Waals surface area contributed by atoms with Crippen molar-refractivity contribution in [3.8, 4) is 5.75 Å². The standard InChI is InChI=1S/C18H21NO/c1-19-18(14-7-10-15(20-2)11-8-14)17-12-9-13-5-3-4-6-16(13)17/h3-8,10-11,17-19H,9,12H2,1-2H3. The third kappa shape index (κ3) is 2.32. The topological polar surface area (TPSA) is 21.3 Å². The van der Waals surface area contributed by atoms with Gasteiger partial charge in [-0.15, -0.1) is 0 Å². The summed E-state index contributed by atoms with van der Waals surface area (Å²) in [6.07, 6.45) is 2.41. The molecule has 0 saturated carbocycles. The summed E-state index contributed by atoms with van der Waals surface area (Å²) in [6.45, 7) is 0. The fourth-order valence-corrected chi connectivity index (χ4v) is 3.35. The van der Waals surface area contributed by atoms with Crippen LogP contribution in [0.1, 0.15) is 35.1 Å². The molecule has 3 rings (SSSR count). The van der Waals surface area contributed by atoms with E-state index in [9.17, 15) is 0 Å². The van der Waals surface area contributed by atoms with Crippen LogP contribution in [0.4, 0.5) is 0 Å². The van der Waals surface area contributed by atoms with Gasteiger partial charge in [0.15, 0.2) is 0 Å². The zero-order valence-electron chi connectivity index (χ0n) is 12.1. The average molecular weight is 267 g/mol. The van der Waals surface area contributed by atoms with Crippen molar-refractivity contribution in [2.45, 2.75) is 24.8 Å². The molecule has 0 fully saturated rings. The number of hydrogen-bond donors (Lipinski definition) is 1. The lowest BCUT2D eigenvalue weighted by atomic mass is 9.88. The first-order valence-corrected chi connectivity index (χ1v) is 7.22. The summed E-state index contributed by atoms with van der Waals surface area (Å²) < 4.78 is 5.24. The number of benzene rings is 2. The second-order valence-electron chi connectivity index (χ2n) is 5.38. The molecule has 1 N–H and O–H groups in total. The van der Waals surface area contributed by atoms with Crippen LogP contribution in [-0.4, -0.2) is 14.2 Å². The van der Waals surface area contributed by atoms with Gasteiger partial charge in [0.05, 0.1) is 7.11 Å². The van der Waals surface area contributed by atoms with Crippen LogP contribution in [0.3, 0.4) is 0 Å². The normalized spacial score (nSPS) is 18.6. The van der Waals surface area contributed by atoms with Crippen molar-refractivity contribution < 1.29 is 4.74 Å². The molecule has 2 heteroatoms. The summed E-state index contributed by atoms with van der Waals surface area (Å²) in [7, 11) is 3.76. The van der Waals surface area contributed by atoms with Crippen molar-refractivity contribution in [1.29, 1.82) is 0 Å². The highest BCUT2D eigenvalue weighted by Gasteiger charge is 2.29. The molecular formula is C18H21NO. The number of nitrogens with one attached hydrogen (secondary N) is 1. The van der Waals surface area contributed by atoms with Gasteiger partial charge in [0.2, 0.25) is 0 Å². The van der Waals surface area contributed by atoms with E-state index in [0.717, 1.165) is 5.75 Å². The van der Waals surface area contributed by atoms with Gasteiger partial charge in [-0.1, -0.05) is 36.4 Å². The fourth-order valence-electron chi connectivity index (χ4n) is 3.35. The minimum Gasteiger partial charge on any atom is -0.497 e. The van der Waals surface area contributed by atoms with Crippen LogP contribution < -0.4 is 10.1 Å². The molecule has 104 valence electrons. The lowest BCUT2D eigenvalue weighted by Crippen LogP contribution is -2.22. The number of hydrogen-bond acceptors (Lipinski definition) is 2. The van der Waals surface area contributed by atoms with Crippen LogP contribution >= 0.6 is 0 Å². The molecule has 2 unspecified atom stereocenters. The van der Waals surface area contributed by atoms with Gasteiger partial charge in [0, 0.05) is 12.0 Å². The van der Waals surface area contributed by atoms with E-state index in [1.165, 1.54) is 29.5 Å². The van der Waals surface area contributed by atoms with E-state index in [1.807, 2.05) is 12.1 Å². The molecular weight excluding hydrogens is 246 g/mol. The van der Waals surface area contributed by atoms with Gasteiger partial charge in [-0.3, -0.25) is 0 Å². The summed E-state index contributed by atoms with van der Waals surface area (Å²) >= 11 is 0. The molecule has 0 heterocycles. The second kappa shape index (κ2) is 5.68. The Kier molecular flexibility index (Phi) is 3.75. The Morgan fingerprint density at radius 2 is 1.85 bits per heavy atom. The maximum atomic E-state index is 5.24. The van der Waals surface area contributed by atoms with E-state index < -0.39 is 0 Å². The summed E-state index contributed by atoms with van der Waals surface area (Å²) in [5.41, 5.74) is 4.34. The molecule has 0 saturated heterocycles. The highest BCUT2D eigenvalue weighted by molar-refractivity contribution is 5.39. The Labute approximate surface area is 120 Å². The van der Waals surface area contributed by atoms with Crippen molar-refractivity contribution in [3.05, 3.63) is 65.2 Å². The van der Waals surface area contributed by atoms with Gasteiger partial charge in [0.25, 0.3) is 0 Å². The van der Waals surface area contributed by atoms with Crippen molar-refractivity contribution in [1.82, 2.24) is 5.32 Å². The van der Waals surface area contributed by atoms with Crippen LogP contribution in [0.25, 0.3) is 0 Å². The van der Waals surface area contributed by atoms with Gasteiger partial charge in [-0.05, 0) is 48.7 Å². The number of ether oxygens (including phenoxy) is 1. The quantitative estimate of drug-likeness (QED) is 0.912. The highest BCUT2D eigenvalue weighted by Crippen LogP contribution is 2.41. The van der Waals surface area contributed by atoms with E-state index in [4.69, 9.17) is 4.74 Å². The molecule has 2 aromatic rings. The summed E-state index contributed by atoms with van der Waals surface area (Å²) in [6, 6.07) is 17.6. The zero-order chi connectivity index (χ0) is 13.9. The third-order valence-electron chi connectivity index (χ3n) is 4.37. The van der Waals surface area contributed by atoms with Gasteiger partial charge < -0.3 is 10.1 Å². The summed E-state index contributed by atoms with van der Waals surface area (Å²) in [4.78, 5) is 0. The molecule has 1 aliphatic rings. The van der Waals surface area contributed by atoms with Crippen molar-refractivity contribution in [3.63, 3.8) is 0 Å². The van der Waals surface area contributed by atoms with Gasteiger partial charge in [-0.2, -0.15) is 0 Å². The van der Waals surface area contributed by atoms with Crippen LogP contribution in [0, 0.1) is 0 Å². The van der Waals surface area contributed by atoms with Gasteiger partial charge in [0.1, 0.15) is 5.75 Å². The molecule has 20 heavy (non-hydrogen) atoms. The molecule has 2 aromatic carbocycles. The van der Waals surface area contributed by atoms with Crippen molar-refractivity contribution in [2.24, 2.45) is 0 Å². The molecule has 0 aromatic heterocycles. The molecule has 1 aliphatic carbocycles. The molecule has 2 atom stereocenters. The van der Waals surface area contributed by atoms with E-state index in [0.29, 0.717) is 12.0 Å². The summed E-state index contributed by atoms with van der Waals surface area (Å²) in [5.74, 6) is 1.47. The lowest BCUT2D eigenvalue weighted by molar-refractivity contribution is 0.413. The second-order valence-corrected chi connectivity index (χ2v) is 5.38. The number of likely N-dealkylation sites (N-methyl/N-ethyl adjacent to an activating group) is 1. The van der Waals surface area contributed by atoms with E-state index in [2.05, 4.69) is 48.8 Å². The van der Waals surface area contributed by atoms with Gasteiger partial charge >= 0.3 is 0 Å². The molecule has 0 spiro atoms. The first-order valence-electron chi connectivity index (χ1n) is 7.22. The minimum absolute atomic E-state index is 0.365. The van der Waals surface area contributed by atoms with Crippen molar-refractivity contribution in [2.75, 3.05) is 14.2 Å². The number of rotatable bonds is 4. The Hall–Kier alpha value is -1.80. The molecule has 0 bridgehead atoms. The third-order valence-corrected chi connectivity index (χ3v) is 4.37. The molecule has 0 radical (unpaired) electrons. The Morgan fingerprint density at radius 3 is 2.55 bits per heavy atom. The van der Waals surface area contributed by atoms with E-state index >= 15 is 0 Å². The maximum Gasteiger partial charge on any atom is 0.118 e. The Bertz CT molecular complexity index is 576. The molecule has 0 amide bonds. The number of fused-ring (bicyclic) bond motifs is 1. The smallest absolute Gasteiger partial charge is 0.118 e. The van der Waals surface area contributed by atoms with Crippen LogP contribution in [0.15, 0.2) is 48.5 Å². The molecule has 0 aliphatic heterocycles. The van der Waals surface area contributed by atoms with Crippen LogP contribution in [0.5, 0.6) is 5.75 Å². The lowest BCUT2D eigenvalue weighted by Gasteiger charge is -2.24. The molecule has 2 nitrogen and oxygen atoms in total. The van der Waals surface area contributed by atoms with Crippen molar-refractivity contribution >= 4 is 0 Å². The van der Waals surface area contributed by atoms with Gasteiger partial charge in [-0.25, -0.2) is 0 Å². The van der Waals surface area contributed by atoms with Crippen LogP contribution in [-0.2, 0) is 6.42 Å². The SMILES string of the molecule is CNC(c1ccc(OC)cc1)C1CCc2ccccc21. The van der Waals surface area contributed by atoms with E-state index in [-0.39, 0.29) is 0 Å². The van der Waals surface area contributed by atoms with Crippen LogP contribution in [0.2, 0.25) is 0 Å². The minimum atomic E-state index is 0.365. The number of methoxy groups -OCH3 is 1. The first kappa shape index (κ1) is 13.2. The first-order chi connectivity index (χ1) is 9.83. The Morgan fingerprint density at radius 1 is 1.10 bits per heavy atom. The Balaban J connectivity index is 1.90.